The van der Waals surface area contributed by atoms with Gasteiger partial charge in [0.25, 0.3) is 0 Å². The van der Waals surface area contributed by atoms with Gasteiger partial charge in [-0.1, -0.05) is 18.0 Å². The molecule has 2 heterocycles. The number of amides is 2. The third-order valence-electron chi connectivity index (χ3n) is 6.03. The minimum atomic E-state index is -4.78. The van der Waals surface area contributed by atoms with Gasteiger partial charge in [0.1, 0.15) is 23.5 Å². The lowest BCUT2D eigenvalue weighted by molar-refractivity contribution is -0.137. The first-order chi connectivity index (χ1) is 16.6. The van der Waals surface area contributed by atoms with Crippen LogP contribution in [0.25, 0.3) is 0 Å². The third kappa shape index (κ3) is 4.05. The number of hydrogen-bond acceptors (Lipinski definition) is 3. The summed E-state index contributed by atoms with van der Waals surface area (Å²) in [6, 6.07) is 0.755. The van der Waals surface area contributed by atoms with E-state index in [2.05, 4.69) is 4.98 Å². The van der Waals surface area contributed by atoms with E-state index in [9.17, 15) is 31.5 Å². The number of pyridine rings is 1. The molecule has 0 spiro atoms. The van der Waals surface area contributed by atoms with Gasteiger partial charge in [0.05, 0.1) is 16.3 Å². The number of halogens is 6. The van der Waals surface area contributed by atoms with Crippen molar-refractivity contribution < 1.29 is 35.7 Å². The number of hydrogen-bond donors (Lipinski definition) is 0. The molecule has 3 atom stereocenters. The van der Waals surface area contributed by atoms with Crippen molar-refractivity contribution in [3.05, 3.63) is 52.2 Å². The van der Waals surface area contributed by atoms with E-state index in [-0.39, 0.29) is 10.6 Å². The standard InChI is InChI=1S/C22H19ClF5N3O2/c1-10-6-11(22(26,27)28)7-18(29-10)31-19(12-4-3-5-13(12)20(31)32)21(33)30(2)17-8-14(23)15(24)9-16(17)25/h6-9,12-13,19H,3-5H2,1-2H3/t12-,13+,19-/m0/s1/i2D3. The van der Waals surface area contributed by atoms with Crippen molar-refractivity contribution in [3.8, 4) is 0 Å². The van der Waals surface area contributed by atoms with E-state index in [1.165, 1.54) is 6.92 Å². The van der Waals surface area contributed by atoms with E-state index in [1.54, 1.807) is 0 Å². The Kier molecular flexibility index (Phi) is 4.91. The molecule has 2 aromatic rings. The molecule has 2 fully saturated rings. The van der Waals surface area contributed by atoms with Gasteiger partial charge in [-0.3, -0.25) is 14.5 Å². The summed E-state index contributed by atoms with van der Waals surface area (Å²) in [5, 5.41) is -0.651. The first-order valence-corrected chi connectivity index (χ1v) is 10.4. The van der Waals surface area contributed by atoms with E-state index >= 15 is 0 Å². The van der Waals surface area contributed by atoms with Crippen molar-refractivity contribution in [2.24, 2.45) is 11.8 Å². The Morgan fingerprint density at radius 3 is 2.61 bits per heavy atom. The highest BCUT2D eigenvalue weighted by Crippen LogP contribution is 2.46. The molecule has 0 radical (unpaired) electrons. The van der Waals surface area contributed by atoms with Gasteiger partial charge in [0.2, 0.25) is 11.8 Å². The van der Waals surface area contributed by atoms with E-state index in [1.807, 2.05) is 0 Å². The summed E-state index contributed by atoms with van der Waals surface area (Å²) < 4.78 is 92.5. The molecule has 1 saturated carbocycles. The van der Waals surface area contributed by atoms with Crippen molar-refractivity contribution in [1.29, 1.82) is 0 Å². The largest absolute Gasteiger partial charge is 0.416 e. The number of aryl methyl sites for hydroxylation is 1. The number of anilines is 2. The van der Waals surface area contributed by atoms with E-state index in [4.69, 9.17) is 15.7 Å². The number of carbonyl (C=O) groups is 2. The normalized spacial score (nSPS) is 24.3. The van der Waals surface area contributed by atoms with Crippen LogP contribution in [0.5, 0.6) is 0 Å². The van der Waals surface area contributed by atoms with Gasteiger partial charge in [-0.15, -0.1) is 0 Å². The molecule has 1 saturated heterocycles. The molecule has 11 heteroatoms. The molecule has 0 N–H and O–H groups in total. The highest BCUT2D eigenvalue weighted by molar-refractivity contribution is 6.31. The highest BCUT2D eigenvalue weighted by Gasteiger charge is 2.55. The molecule has 5 nitrogen and oxygen atoms in total. The Morgan fingerprint density at radius 2 is 1.94 bits per heavy atom. The van der Waals surface area contributed by atoms with E-state index in [0.29, 0.717) is 37.5 Å². The Labute approximate surface area is 195 Å². The SMILES string of the molecule is [2H]C([2H])([2H])N(C(=O)[C@@H]1[C@H]2CCC[C@H]2C(=O)N1c1cc(C(F)(F)F)cc(C)n1)c1cc(Cl)c(F)cc1F. The van der Waals surface area contributed by atoms with Gasteiger partial charge in [0, 0.05) is 34.7 Å². The summed E-state index contributed by atoms with van der Waals surface area (Å²) in [5.41, 5.74) is -2.04. The lowest BCUT2D eigenvalue weighted by atomic mass is 9.92. The molecule has 0 bridgehead atoms. The first-order valence-electron chi connectivity index (χ1n) is 11.5. The second-order valence-corrected chi connectivity index (χ2v) is 8.51. The van der Waals surface area contributed by atoms with Crippen LogP contribution < -0.4 is 9.80 Å². The maximum atomic E-state index is 14.7. The summed E-state index contributed by atoms with van der Waals surface area (Å²) in [5.74, 6) is -6.49. The first kappa shape index (κ1) is 19.7. The molecule has 2 aliphatic rings. The Hall–Kier alpha value is -2.75. The number of carbonyl (C=O) groups excluding carboxylic acids is 2. The van der Waals surface area contributed by atoms with E-state index in [0.717, 1.165) is 11.0 Å². The Morgan fingerprint density at radius 1 is 1.21 bits per heavy atom. The van der Waals surface area contributed by atoms with Crippen LogP contribution in [0.15, 0.2) is 24.3 Å². The van der Waals surface area contributed by atoms with Gasteiger partial charge in [0.15, 0.2) is 0 Å². The fourth-order valence-corrected chi connectivity index (χ4v) is 4.76. The Bertz CT molecular complexity index is 1240. The van der Waals surface area contributed by atoms with Crippen molar-refractivity contribution in [1.82, 2.24) is 4.98 Å². The van der Waals surface area contributed by atoms with Crippen LogP contribution in [0.3, 0.4) is 0 Å². The van der Waals surface area contributed by atoms with Crippen LogP contribution in [-0.4, -0.2) is 29.8 Å². The lowest BCUT2D eigenvalue weighted by Crippen LogP contribution is -2.49. The van der Waals surface area contributed by atoms with Crippen LogP contribution >= 0.6 is 11.6 Å². The molecule has 33 heavy (non-hydrogen) atoms. The minimum Gasteiger partial charge on any atom is -0.311 e. The van der Waals surface area contributed by atoms with Crippen molar-refractivity contribution in [2.75, 3.05) is 16.8 Å². The topological polar surface area (TPSA) is 53.5 Å². The lowest BCUT2D eigenvalue weighted by Gasteiger charge is -2.30. The Balaban J connectivity index is 1.87. The second-order valence-electron chi connectivity index (χ2n) is 8.10. The zero-order valence-electron chi connectivity index (χ0n) is 20.1. The molecule has 1 aromatic heterocycles. The summed E-state index contributed by atoms with van der Waals surface area (Å²) in [6.45, 7) is -2.02. The third-order valence-corrected chi connectivity index (χ3v) is 6.32. The number of rotatable bonds is 3. The quantitative estimate of drug-likeness (QED) is 0.442. The zero-order chi connectivity index (χ0) is 26.7. The number of fused-ring (bicyclic) bond motifs is 1. The molecule has 4 rings (SSSR count). The fourth-order valence-electron chi connectivity index (χ4n) is 4.60. The van der Waals surface area contributed by atoms with Gasteiger partial charge >= 0.3 is 6.18 Å². The van der Waals surface area contributed by atoms with Crippen LogP contribution in [0.1, 0.15) is 34.6 Å². The zero-order valence-corrected chi connectivity index (χ0v) is 17.8. The van der Waals surface area contributed by atoms with Gasteiger partial charge in [-0.25, -0.2) is 13.8 Å². The second kappa shape index (κ2) is 8.23. The van der Waals surface area contributed by atoms with Crippen LogP contribution in [0, 0.1) is 30.4 Å². The number of aromatic nitrogens is 1. The van der Waals surface area contributed by atoms with Crippen LogP contribution in [-0.2, 0) is 15.8 Å². The van der Waals surface area contributed by atoms with Crippen LogP contribution in [0.4, 0.5) is 33.5 Å². The number of nitrogens with zero attached hydrogens (tertiary/aromatic N) is 3. The molecule has 0 unspecified atom stereocenters. The van der Waals surface area contributed by atoms with Gasteiger partial charge in [-0.2, -0.15) is 13.2 Å². The molecule has 1 aliphatic carbocycles. The summed E-state index contributed by atoms with van der Waals surface area (Å²) in [6.07, 6.45) is -3.60. The molecular weight excluding hydrogens is 469 g/mol. The minimum absolute atomic E-state index is 0.0834. The molecular formula is C22H19ClF5N3O2. The van der Waals surface area contributed by atoms with Crippen molar-refractivity contribution in [3.63, 3.8) is 0 Å². The van der Waals surface area contributed by atoms with Crippen LogP contribution in [0.2, 0.25) is 5.02 Å². The average molecular weight is 491 g/mol. The number of likely N-dealkylation sites (N-methyl/N-ethyl adjacent to an activating group) is 1. The summed E-state index contributed by atoms with van der Waals surface area (Å²) in [4.78, 5) is 32.0. The molecule has 1 aliphatic heterocycles. The average Bonchev–Trinajstić information content (AvgIpc) is 3.31. The fraction of sp³-hybridized carbons (Fsp3) is 0.409. The molecule has 176 valence electrons. The number of benzene rings is 1. The molecule has 1 aromatic carbocycles. The predicted molar refractivity (Wildman–Crippen MR) is 111 cm³/mol. The molecule has 2 amide bonds. The van der Waals surface area contributed by atoms with E-state index < -0.39 is 76.6 Å². The summed E-state index contributed by atoms with van der Waals surface area (Å²) >= 11 is 5.71. The maximum absolute atomic E-state index is 14.7. The van der Waals surface area contributed by atoms with Gasteiger partial charge < -0.3 is 4.90 Å². The monoisotopic (exact) mass is 490 g/mol. The summed E-state index contributed by atoms with van der Waals surface area (Å²) in [7, 11) is 0. The predicted octanol–water partition coefficient (Wildman–Crippen LogP) is 5.13. The maximum Gasteiger partial charge on any atom is 0.416 e. The smallest absolute Gasteiger partial charge is 0.311 e. The van der Waals surface area contributed by atoms with Crippen molar-refractivity contribution in [2.45, 2.75) is 38.4 Å². The highest BCUT2D eigenvalue weighted by atomic mass is 35.5. The van der Waals surface area contributed by atoms with Gasteiger partial charge in [-0.05, 0) is 38.0 Å². The van der Waals surface area contributed by atoms with Crippen molar-refractivity contribution >= 4 is 34.9 Å². The number of alkyl halides is 3.